The number of hydrogen-bond acceptors (Lipinski definition) is 3. The first-order chi connectivity index (χ1) is 12.7. The number of amides is 2. The third kappa shape index (κ3) is 4.94. The predicted octanol–water partition coefficient (Wildman–Crippen LogP) is 2.69. The molecule has 1 saturated heterocycles. The van der Waals surface area contributed by atoms with Crippen LogP contribution in [0.4, 0.5) is 5.69 Å². The van der Waals surface area contributed by atoms with Gasteiger partial charge in [0.05, 0.1) is 6.54 Å². The van der Waals surface area contributed by atoms with Gasteiger partial charge in [0, 0.05) is 38.3 Å². The van der Waals surface area contributed by atoms with E-state index in [2.05, 4.69) is 29.3 Å². The summed E-state index contributed by atoms with van der Waals surface area (Å²) in [6, 6.07) is 7.93. The SMILES string of the molecule is CCc1ccccc1NC(=O)CN1CCN(C(=O)C[C@@H]2C=CCC2)CC1. The largest absolute Gasteiger partial charge is 0.340 e. The van der Waals surface area contributed by atoms with Crippen molar-refractivity contribution in [2.45, 2.75) is 32.6 Å². The molecule has 1 aliphatic heterocycles. The van der Waals surface area contributed by atoms with E-state index >= 15 is 0 Å². The second-order valence-electron chi connectivity index (χ2n) is 7.19. The van der Waals surface area contributed by atoms with Gasteiger partial charge in [0.15, 0.2) is 0 Å². The van der Waals surface area contributed by atoms with E-state index < -0.39 is 0 Å². The molecule has 0 bridgehead atoms. The summed E-state index contributed by atoms with van der Waals surface area (Å²) in [5, 5.41) is 3.02. The van der Waals surface area contributed by atoms with Gasteiger partial charge in [-0.05, 0) is 36.8 Å². The molecule has 1 N–H and O–H groups in total. The Hall–Kier alpha value is -2.14. The Bertz CT molecular complexity index is 663. The Morgan fingerprint density at radius 2 is 1.92 bits per heavy atom. The number of nitrogens with zero attached hydrogens (tertiary/aromatic N) is 2. The number of rotatable bonds is 6. The fourth-order valence-electron chi connectivity index (χ4n) is 3.72. The first kappa shape index (κ1) is 18.6. The van der Waals surface area contributed by atoms with Crippen molar-refractivity contribution in [2.75, 3.05) is 38.0 Å². The van der Waals surface area contributed by atoms with Crippen molar-refractivity contribution < 1.29 is 9.59 Å². The maximum atomic E-state index is 12.4. The van der Waals surface area contributed by atoms with E-state index in [1.54, 1.807) is 0 Å². The van der Waals surface area contributed by atoms with Crippen LogP contribution in [-0.4, -0.2) is 54.3 Å². The lowest BCUT2D eigenvalue weighted by Gasteiger charge is -2.34. The van der Waals surface area contributed by atoms with Gasteiger partial charge in [0.1, 0.15) is 0 Å². The molecule has 0 radical (unpaired) electrons. The van der Waals surface area contributed by atoms with Crippen LogP contribution >= 0.6 is 0 Å². The number of carbonyl (C=O) groups excluding carboxylic acids is 2. The van der Waals surface area contributed by atoms with Gasteiger partial charge in [0.25, 0.3) is 0 Å². The van der Waals surface area contributed by atoms with Crippen molar-refractivity contribution in [1.29, 1.82) is 0 Å². The zero-order valence-electron chi connectivity index (χ0n) is 15.6. The lowest BCUT2D eigenvalue weighted by molar-refractivity contribution is -0.133. The molecule has 1 heterocycles. The Balaban J connectivity index is 1.42. The molecule has 0 saturated carbocycles. The Kier molecular flexibility index (Phi) is 6.45. The number of piperazine rings is 1. The number of hydrogen-bond donors (Lipinski definition) is 1. The molecule has 1 aromatic rings. The molecular formula is C21H29N3O2. The molecule has 140 valence electrons. The summed E-state index contributed by atoms with van der Waals surface area (Å²) in [5.74, 6) is 0.689. The van der Waals surface area contributed by atoms with E-state index in [1.165, 1.54) is 0 Å². The zero-order valence-corrected chi connectivity index (χ0v) is 15.6. The number of aryl methyl sites for hydroxylation is 1. The lowest BCUT2D eigenvalue weighted by Crippen LogP contribution is -2.50. The summed E-state index contributed by atoms with van der Waals surface area (Å²) in [5.41, 5.74) is 2.05. The van der Waals surface area contributed by atoms with Crippen molar-refractivity contribution in [3.63, 3.8) is 0 Å². The highest BCUT2D eigenvalue weighted by Gasteiger charge is 2.24. The van der Waals surface area contributed by atoms with Crippen molar-refractivity contribution in [2.24, 2.45) is 5.92 Å². The van der Waals surface area contributed by atoms with Gasteiger partial charge >= 0.3 is 0 Å². The first-order valence-electron chi connectivity index (χ1n) is 9.70. The molecule has 1 atom stereocenters. The van der Waals surface area contributed by atoms with Crippen LogP contribution in [-0.2, 0) is 16.0 Å². The van der Waals surface area contributed by atoms with Crippen molar-refractivity contribution in [3.05, 3.63) is 42.0 Å². The van der Waals surface area contributed by atoms with Crippen LogP contribution in [0.3, 0.4) is 0 Å². The molecule has 0 unspecified atom stereocenters. The Labute approximate surface area is 156 Å². The van der Waals surface area contributed by atoms with Crippen molar-refractivity contribution >= 4 is 17.5 Å². The third-order valence-corrected chi connectivity index (χ3v) is 5.31. The highest BCUT2D eigenvalue weighted by atomic mass is 16.2. The molecule has 1 aromatic carbocycles. The average molecular weight is 355 g/mol. The molecule has 26 heavy (non-hydrogen) atoms. The smallest absolute Gasteiger partial charge is 0.238 e. The fraction of sp³-hybridized carbons (Fsp3) is 0.524. The van der Waals surface area contributed by atoms with E-state index in [4.69, 9.17) is 0 Å². The fourth-order valence-corrected chi connectivity index (χ4v) is 3.72. The number of anilines is 1. The van der Waals surface area contributed by atoms with Crippen LogP contribution < -0.4 is 5.32 Å². The molecule has 5 nitrogen and oxygen atoms in total. The van der Waals surface area contributed by atoms with Crippen LogP contribution in [0, 0.1) is 5.92 Å². The van der Waals surface area contributed by atoms with Crippen LogP contribution in [0.2, 0.25) is 0 Å². The lowest BCUT2D eigenvalue weighted by atomic mass is 10.0. The third-order valence-electron chi connectivity index (χ3n) is 5.31. The molecule has 1 aliphatic carbocycles. The summed E-state index contributed by atoms with van der Waals surface area (Å²) < 4.78 is 0. The molecule has 2 aliphatic rings. The van der Waals surface area contributed by atoms with Crippen LogP contribution in [0.5, 0.6) is 0 Å². The van der Waals surface area contributed by atoms with Gasteiger partial charge in [-0.25, -0.2) is 0 Å². The Morgan fingerprint density at radius 3 is 2.62 bits per heavy atom. The molecule has 5 heteroatoms. The van der Waals surface area contributed by atoms with Crippen LogP contribution in [0.1, 0.15) is 31.7 Å². The number of carbonyl (C=O) groups is 2. The van der Waals surface area contributed by atoms with E-state index in [9.17, 15) is 9.59 Å². The second-order valence-corrected chi connectivity index (χ2v) is 7.19. The summed E-state index contributed by atoms with van der Waals surface area (Å²) in [4.78, 5) is 28.8. The van der Waals surface area contributed by atoms with E-state index in [1.807, 2.05) is 29.2 Å². The van der Waals surface area contributed by atoms with Crippen LogP contribution in [0.15, 0.2) is 36.4 Å². The quantitative estimate of drug-likeness (QED) is 0.798. The van der Waals surface area contributed by atoms with Crippen molar-refractivity contribution in [3.8, 4) is 0 Å². The number of allylic oxidation sites excluding steroid dienone is 2. The summed E-state index contributed by atoms with van der Waals surface area (Å²) >= 11 is 0. The van der Waals surface area contributed by atoms with Gasteiger partial charge in [-0.3, -0.25) is 14.5 Å². The van der Waals surface area contributed by atoms with Gasteiger partial charge in [-0.15, -0.1) is 0 Å². The van der Waals surface area contributed by atoms with E-state index in [-0.39, 0.29) is 11.8 Å². The first-order valence-corrected chi connectivity index (χ1v) is 9.70. The highest BCUT2D eigenvalue weighted by Crippen LogP contribution is 2.21. The number of benzene rings is 1. The number of para-hydroxylation sites is 1. The molecular weight excluding hydrogens is 326 g/mol. The van der Waals surface area contributed by atoms with E-state index in [0.29, 0.717) is 32.0 Å². The summed E-state index contributed by atoms with van der Waals surface area (Å²) in [7, 11) is 0. The standard InChI is InChI=1S/C21H29N3O2/c1-2-18-9-5-6-10-19(18)22-20(25)16-23-11-13-24(14-12-23)21(26)15-17-7-3-4-8-17/h3,5-7,9-10,17H,2,4,8,11-16H2,1H3,(H,22,25)/t17-/m1/s1. The Morgan fingerprint density at radius 1 is 1.15 bits per heavy atom. The second kappa shape index (κ2) is 8.99. The maximum absolute atomic E-state index is 12.4. The monoisotopic (exact) mass is 355 g/mol. The zero-order chi connectivity index (χ0) is 18.4. The summed E-state index contributed by atoms with van der Waals surface area (Å²) in [6.07, 6.45) is 8.07. The minimum atomic E-state index is 0.0155. The molecule has 0 spiro atoms. The summed E-state index contributed by atoms with van der Waals surface area (Å²) in [6.45, 7) is 5.42. The highest BCUT2D eigenvalue weighted by molar-refractivity contribution is 5.93. The molecule has 3 rings (SSSR count). The normalized spacial score (nSPS) is 20.3. The number of nitrogens with one attached hydrogen (secondary N) is 1. The maximum Gasteiger partial charge on any atom is 0.238 e. The molecule has 2 amide bonds. The topological polar surface area (TPSA) is 52.7 Å². The molecule has 1 fully saturated rings. The minimum Gasteiger partial charge on any atom is -0.340 e. The van der Waals surface area contributed by atoms with Crippen LogP contribution in [0.25, 0.3) is 0 Å². The average Bonchev–Trinajstić information content (AvgIpc) is 3.15. The van der Waals surface area contributed by atoms with Gasteiger partial charge < -0.3 is 10.2 Å². The van der Waals surface area contributed by atoms with Gasteiger partial charge in [-0.1, -0.05) is 37.3 Å². The molecule has 0 aromatic heterocycles. The van der Waals surface area contributed by atoms with Gasteiger partial charge in [0.2, 0.25) is 11.8 Å². The van der Waals surface area contributed by atoms with Gasteiger partial charge in [-0.2, -0.15) is 0 Å². The predicted molar refractivity (Wildman–Crippen MR) is 104 cm³/mol. The van der Waals surface area contributed by atoms with Crippen molar-refractivity contribution in [1.82, 2.24) is 9.80 Å². The van der Waals surface area contributed by atoms with E-state index in [0.717, 1.165) is 43.6 Å². The minimum absolute atomic E-state index is 0.0155.